The van der Waals surface area contributed by atoms with E-state index in [0.29, 0.717) is 16.0 Å². The first kappa shape index (κ1) is 30.1. The molecule has 3 N–H and O–H groups in total. The number of benzene rings is 3. The first-order valence-corrected chi connectivity index (χ1v) is 14.4. The number of ketones is 1. The molecule has 0 bridgehead atoms. The van der Waals surface area contributed by atoms with Gasteiger partial charge in [0, 0.05) is 18.7 Å². The van der Waals surface area contributed by atoms with Crippen LogP contribution in [0.15, 0.2) is 89.8 Å². The van der Waals surface area contributed by atoms with E-state index in [-0.39, 0.29) is 36.6 Å². The normalized spacial score (nSPS) is 17.1. The number of rotatable bonds is 12. The Kier molecular flexibility index (Phi) is 9.36. The summed E-state index contributed by atoms with van der Waals surface area (Å²) in [5.41, 5.74) is 6.68. The predicted octanol–water partition coefficient (Wildman–Crippen LogP) is 2.41. The maximum Gasteiger partial charge on any atom is 0.323 e. The molecule has 1 aliphatic heterocycles. The molecule has 0 aromatic heterocycles. The number of halogens is 2. The molecular weight excluding hydrogens is 556 g/mol. The second kappa shape index (κ2) is 12.8. The van der Waals surface area contributed by atoms with Crippen LogP contribution in [0.1, 0.15) is 17.5 Å². The molecule has 1 aliphatic rings. The van der Waals surface area contributed by atoms with Gasteiger partial charge in [-0.15, -0.1) is 0 Å². The first-order valence-electron chi connectivity index (χ1n) is 12.9. The highest BCUT2D eigenvalue weighted by Crippen LogP contribution is 2.31. The summed E-state index contributed by atoms with van der Waals surface area (Å²) in [6, 6.07) is 16.0. The summed E-state index contributed by atoms with van der Waals surface area (Å²) < 4.78 is 66.4. The number of nitrogens with one attached hydrogen (secondary N) is 1. The zero-order valence-corrected chi connectivity index (χ0v) is 22.8. The molecular formula is C29H30F2N3O6S-. The van der Waals surface area contributed by atoms with E-state index >= 15 is 8.78 Å². The molecule has 0 saturated carbocycles. The number of Topliss-reactive ketones (excluding diaryl/α,β-unsaturated/α-hetero) is 1. The third kappa shape index (κ3) is 7.26. The number of hydrogen-bond donors (Lipinski definition) is 2. The van der Waals surface area contributed by atoms with E-state index in [1.807, 2.05) is 4.72 Å². The minimum absolute atomic E-state index is 0.0880. The monoisotopic (exact) mass is 586 g/mol. The van der Waals surface area contributed by atoms with Crippen molar-refractivity contribution in [2.75, 3.05) is 18.9 Å². The van der Waals surface area contributed by atoms with Crippen LogP contribution in [0.5, 0.6) is 0 Å². The maximum atomic E-state index is 16.4. The summed E-state index contributed by atoms with van der Waals surface area (Å²) in [6.45, 7) is 0.102. The van der Waals surface area contributed by atoms with Crippen molar-refractivity contribution in [2.45, 2.75) is 48.2 Å². The Hall–Kier alpha value is -3.87. The molecule has 1 fully saturated rings. The summed E-state index contributed by atoms with van der Waals surface area (Å²) >= 11 is 0. The summed E-state index contributed by atoms with van der Waals surface area (Å²) in [4.78, 5) is 26.4. The van der Waals surface area contributed by atoms with Gasteiger partial charge in [-0.25, -0.2) is 13.1 Å². The van der Waals surface area contributed by atoms with E-state index in [0.717, 1.165) is 12.1 Å². The average Bonchev–Trinajstić information content (AvgIpc) is 3.47. The second-order valence-corrected chi connectivity index (χ2v) is 11.5. The highest BCUT2D eigenvalue weighted by molar-refractivity contribution is 7.89. The van der Waals surface area contributed by atoms with Crippen molar-refractivity contribution < 1.29 is 36.6 Å². The number of carboxylic acid groups (broad SMARTS) is 1. The Morgan fingerprint density at radius 1 is 0.976 bits per heavy atom. The number of alkyl halides is 2. The van der Waals surface area contributed by atoms with Gasteiger partial charge in [0.1, 0.15) is 6.09 Å². The summed E-state index contributed by atoms with van der Waals surface area (Å²) in [5.74, 6) is -6.10. The number of anilines is 1. The summed E-state index contributed by atoms with van der Waals surface area (Å²) in [5, 5.41) is 12.3. The van der Waals surface area contributed by atoms with Crippen LogP contribution in [-0.2, 0) is 32.4 Å². The summed E-state index contributed by atoms with van der Waals surface area (Å²) in [7, 11) is -4.55. The van der Waals surface area contributed by atoms with E-state index in [9.17, 15) is 23.1 Å². The van der Waals surface area contributed by atoms with Gasteiger partial charge in [0.05, 0.1) is 29.6 Å². The third-order valence-corrected chi connectivity index (χ3v) is 8.44. The SMILES string of the molecule is Nc1ccc(S(=O)(=O)NC(Cc2ccccc2)C(F)(F)C(=O)[C@@H](Cc2ccccc2)N(C(=O)[O-])[C@H]2CCOC2)cc1. The van der Waals surface area contributed by atoms with Crippen LogP contribution in [0.25, 0.3) is 0 Å². The molecule has 0 aliphatic carbocycles. The number of nitrogens with zero attached hydrogens (tertiary/aromatic N) is 1. The lowest BCUT2D eigenvalue weighted by atomic mass is 9.90. The van der Waals surface area contributed by atoms with E-state index in [1.54, 1.807) is 48.5 Å². The fourth-order valence-corrected chi connectivity index (χ4v) is 6.05. The smallest absolute Gasteiger partial charge is 0.323 e. The van der Waals surface area contributed by atoms with Crippen LogP contribution in [0.3, 0.4) is 0 Å². The Bertz CT molecular complexity index is 1430. The van der Waals surface area contributed by atoms with Crippen LogP contribution >= 0.6 is 0 Å². The lowest BCUT2D eigenvalue weighted by Gasteiger charge is -2.39. The molecule has 41 heavy (non-hydrogen) atoms. The minimum Gasteiger partial charge on any atom is -0.530 e. The quantitative estimate of drug-likeness (QED) is 0.311. The number of sulfonamides is 1. The number of carbonyl (C=O) groups excluding carboxylic acids is 2. The molecule has 1 heterocycles. The second-order valence-electron chi connectivity index (χ2n) is 9.82. The highest BCUT2D eigenvalue weighted by atomic mass is 32.2. The lowest BCUT2D eigenvalue weighted by molar-refractivity contribution is -0.270. The molecule has 4 rings (SSSR count). The van der Waals surface area contributed by atoms with Gasteiger partial charge in [-0.2, -0.15) is 8.78 Å². The number of amides is 1. The third-order valence-electron chi connectivity index (χ3n) is 6.96. The van der Waals surface area contributed by atoms with E-state index < -0.39 is 52.4 Å². The molecule has 1 unspecified atom stereocenters. The van der Waals surface area contributed by atoms with Crippen molar-refractivity contribution in [1.29, 1.82) is 0 Å². The largest absolute Gasteiger partial charge is 0.530 e. The molecule has 12 heteroatoms. The molecule has 218 valence electrons. The van der Waals surface area contributed by atoms with Crippen molar-refractivity contribution in [3.8, 4) is 0 Å². The van der Waals surface area contributed by atoms with E-state index in [2.05, 4.69) is 0 Å². The Labute approximate surface area is 237 Å². The van der Waals surface area contributed by atoms with Gasteiger partial charge in [0.25, 0.3) is 0 Å². The van der Waals surface area contributed by atoms with Crippen LogP contribution in [0, 0.1) is 0 Å². The minimum atomic E-state index is -4.55. The Morgan fingerprint density at radius 3 is 2.05 bits per heavy atom. The number of ether oxygens (including phenoxy) is 1. The Morgan fingerprint density at radius 2 is 1.54 bits per heavy atom. The number of carbonyl (C=O) groups is 2. The van der Waals surface area contributed by atoms with Crippen molar-refractivity contribution in [2.24, 2.45) is 0 Å². The van der Waals surface area contributed by atoms with Gasteiger partial charge in [0.15, 0.2) is 0 Å². The molecule has 3 aromatic carbocycles. The van der Waals surface area contributed by atoms with Crippen molar-refractivity contribution in [1.82, 2.24) is 9.62 Å². The summed E-state index contributed by atoms with van der Waals surface area (Å²) in [6.07, 6.45) is -2.53. The lowest BCUT2D eigenvalue weighted by Crippen LogP contribution is -2.63. The molecule has 9 nitrogen and oxygen atoms in total. The molecule has 3 aromatic rings. The predicted molar refractivity (Wildman–Crippen MR) is 145 cm³/mol. The molecule has 0 spiro atoms. The van der Waals surface area contributed by atoms with Crippen molar-refractivity contribution >= 4 is 27.6 Å². The zero-order chi connectivity index (χ0) is 29.6. The van der Waals surface area contributed by atoms with Crippen LogP contribution in [-0.4, -0.2) is 62.5 Å². The molecule has 3 atom stereocenters. The molecule has 0 radical (unpaired) electrons. The van der Waals surface area contributed by atoms with Crippen molar-refractivity contribution in [3.05, 3.63) is 96.1 Å². The average molecular weight is 587 g/mol. The van der Waals surface area contributed by atoms with Crippen LogP contribution in [0.2, 0.25) is 0 Å². The van der Waals surface area contributed by atoms with E-state index in [1.165, 1.54) is 24.3 Å². The highest BCUT2D eigenvalue weighted by Gasteiger charge is 2.53. The fourth-order valence-electron chi connectivity index (χ4n) is 4.82. The van der Waals surface area contributed by atoms with Gasteiger partial charge in [-0.3, -0.25) is 4.79 Å². The van der Waals surface area contributed by atoms with Crippen LogP contribution in [0.4, 0.5) is 19.3 Å². The number of nitrogens with two attached hydrogens (primary N) is 1. The first-order chi connectivity index (χ1) is 19.5. The number of hydrogen-bond acceptors (Lipinski definition) is 7. The fraction of sp³-hybridized carbons (Fsp3) is 0.310. The maximum absolute atomic E-state index is 16.4. The zero-order valence-electron chi connectivity index (χ0n) is 22.0. The standard InChI is InChI=1S/C29H31F2N3O6S/c30-29(31,26(18-21-9-5-2-6-10-21)33-41(38,39)24-13-11-22(32)12-14-24)27(35)25(17-20-7-3-1-4-8-20)34(28(36)37)23-15-16-40-19-23/h1-14,23,25-26,33H,15-19,32H2,(H,36,37)/p-1/t23-,25+,26?/m0/s1. The molecule has 1 amide bonds. The number of nitrogen functional groups attached to an aromatic ring is 1. The molecule has 1 saturated heterocycles. The van der Waals surface area contributed by atoms with Crippen LogP contribution < -0.4 is 15.6 Å². The Balaban J connectivity index is 1.75. The topological polar surface area (TPSA) is 142 Å². The van der Waals surface area contributed by atoms with Gasteiger partial charge in [0.2, 0.25) is 15.8 Å². The van der Waals surface area contributed by atoms with Crippen molar-refractivity contribution in [3.63, 3.8) is 0 Å². The van der Waals surface area contributed by atoms with Gasteiger partial charge >= 0.3 is 5.92 Å². The van der Waals surface area contributed by atoms with E-state index in [4.69, 9.17) is 10.5 Å². The van der Waals surface area contributed by atoms with Gasteiger partial charge in [-0.1, -0.05) is 60.7 Å². The van der Waals surface area contributed by atoms with Gasteiger partial charge in [-0.05, 0) is 48.2 Å². The van der Waals surface area contributed by atoms with Gasteiger partial charge < -0.3 is 25.3 Å².